The minimum Gasteiger partial charge on any atom is -0.598 e. The van der Waals surface area contributed by atoms with Crippen LogP contribution in [-0.2, 0) is 11.4 Å². The van der Waals surface area contributed by atoms with E-state index in [4.69, 9.17) is 4.74 Å². The summed E-state index contributed by atoms with van der Waals surface area (Å²) in [5.74, 6) is 0.848. The van der Waals surface area contributed by atoms with Gasteiger partial charge in [-0.2, -0.15) is 0 Å². The number of rotatable bonds is 6. The summed E-state index contributed by atoms with van der Waals surface area (Å²) in [6, 6.07) is 4.48. The maximum absolute atomic E-state index is 13.7. The van der Waals surface area contributed by atoms with Gasteiger partial charge in [-0.1, -0.05) is 0 Å². The van der Waals surface area contributed by atoms with Crippen LogP contribution in [0.5, 0.6) is 5.75 Å². The van der Waals surface area contributed by atoms with Gasteiger partial charge in [0.15, 0.2) is 0 Å². The highest BCUT2D eigenvalue weighted by Gasteiger charge is 2.28. The average molecular weight is 313 g/mol. The summed E-state index contributed by atoms with van der Waals surface area (Å²) >= 11 is -1.20. The van der Waals surface area contributed by atoms with Crippen molar-refractivity contribution in [1.82, 2.24) is 4.72 Å². The van der Waals surface area contributed by atoms with Crippen LogP contribution in [0.15, 0.2) is 18.2 Å². The van der Waals surface area contributed by atoms with E-state index < -0.39 is 11.4 Å². The van der Waals surface area contributed by atoms with Crippen LogP contribution in [0.25, 0.3) is 0 Å². The molecule has 1 aromatic rings. The van der Waals surface area contributed by atoms with E-state index in [-0.39, 0.29) is 16.6 Å². The van der Waals surface area contributed by atoms with E-state index in [9.17, 15) is 8.94 Å². The molecule has 1 unspecified atom stereocenters. The highest BCUT2D eigenvalue weighted by Crippen LogP contribution is 2.30. The van der Waals surface area contributed by atoms with E-state index in [2.05, 4.69) is 4.72 Å². The van der Waals surface area contributed by atoms with Crippen LogP contribution in [0.4, 0.5) is 4.39 Å². The van der Waals surface area contributed by atoms with Crippen molar-refractivity contribution in [3.63, 3.8) is 0 Å². The molecule has 21 heavy (non-hydrogen) atoms. The maximum atomic E-state index is 13.7. The van der Waals surface area contributed by atoms with Crippen LogP contribution in [-0.4, -0.2) is 15.9 Å². The normalized spacial score (nSPS) is 18.4. The summed E-state index contributed by atoms with van der Waals surface area (Å²) in [4.78, 5) is 0. The van der Waals surface area contributed by atoms with Crippen LogP contribution in [0, 0.1) is 11.7 Å². The van der Waals surface area contributed by atoms with Crippen molar-refractivity contribution in [2.24, 2.45) is 5.92 Å². The molecule has 1 aliphatic rings. The van der Waals surface area contributed by atoms with Gasteiger partial charge in [0.25, 0.3) is 0 Å². The first-order valence-electron chi connectivity index (χ1n) is 7.37. The lowest BCUT2D eigenvalue weighted by Crippen LogP contribution is -2.40. The molecule has 1 N–H and O–H groups in total. The van der Waals surface area contributed by atoms with Crippen molar-refractivity contribution in [1.29, 1.82) is 0 Å². The third kappa shape index (κ3) is 5.16. The summed E-state index contributed by atoms with van der Waals surface area (Å²) in [6.45, 7) is 8.23. The molecule has 0 spiro atoms. The largest absolute Gasteiger partial charge is 0.598 e. The summed E-state index contributed by atoms with van der Waals surface area (Å²) < 4.78 is 34.1. The summed E-state index contributed by atoms with van der Waals surface area (Å²) in [5, 5.41) is 0. The Morgan fingerprint density at radius 3 is 2.62 bits per heavy atom. The fraction of sp³-hybridized carbons (Fsp3) is 0.625. The van der Waals surface area contributed by atoms with Gasteiger partial charge in [-0.15, -0.1) is 4.72 Å². The molecule has 1 saturated carbocycles. The maximum Gasteiger partial charge on any atom is 0.136 e. The lowest BCUT2D eigenvalue weighted by atomic mass is 10.1. The molecule has 0 saturated heterocycles. The van der Waals surface area contributed by atoms with E-state index in [0.717, 1.165) is 5.56 Å². The van der Waals surface area contributed by atoms with E-state index in [0.29, 0.717) is 18.3 Å². The Bertz CT molecular complexity index is 486. The topological polar surface area (TPSA) is 44.3 Å². The third-order valence-corrected chi connectivity index (χ3v) is 5.10. The Labute approximate surface area is 129 Å². The molecule has 118 valence electrons. The highest BCUT2D eigenvalue weighted by atomic mass is 32.2. The fourth-order valence-corrected chi connectivity index (χ4v) is 2.63. The Morgan fingerprint density at radius 2 is 2.05 bits per heavy atom. The minimum absolute atomic E-state index is 0.205. The Kier molecular flexibility index (Phi) is 5.17. The number of benzene rings is 1. The van der Waals surface area contributed by atoms with Gasteiger partial charge in [-0.25, -0.2) is 4.39 Å². The zero-order chi connectivity index (χ0) is 15.6. The quantitative estimate of drug-likeness (QED) is 0.814. The van der Waals surface area contributed by atoms with Gasteiger partial charge in [0, 0.05) is 17.4 Å². The molecule has 0 bridgehead atoms. The van der Waals surface area contributed by atoms with Crippen LogP contribution >= 0.6 is 0 Å². The minimum atomic E-state index is -1.20. The Morgan fingerprint density at radius 1 is 1.38 bits per heavy atom. The van der Waals surface area contributed by atoms with Crippen LogP contribution in [0.1, 0.15) is 52.1 Å². The first kappa shape index (κ1) is 16.6. The molecule has 0 radical (unpaired) electrons. The lowest BCUT2D eigenvalue weighted by Gasteiger charge is -2.26. The van der Waals surface area contributed by atoms with E-state index in [1.807, 2.05) is 33.8 Å². The molecule has 0 aromatic heterocycles. The molecule has 1 fully saturated rings. The molecule has 0 aliphatic heterocycles. The molecular formula is C16H24FNO2S. The van der Waals surface area contributed by atoms with Crippen LogP contribution in [0.2, 0.25) is 0 Å². The molecule has 0 heterocycles. The SMILES string of the molecule is C[C@H](N[S+]([O-])C(C)(C)C)c1cc(F)cc(OCC2CC2)c1. The van der Waals surface area contributed by atoms with Gasteiger partial charge < -0.3 is 9.29 Å². The zero-order valence-corrected chi connectivity index (χ0v) is 13.9. The lowest BCUT2D eigenvalue weighted by molar-refractivity contribution is 0.298. The summed E-state index contributed by atoms with van der Waals surface area (Å²) in [6.07, 6.45) is 2.40. The van der Waals surface area contributed by atoms with Gasteiger partial charge in [-0.05, 0) is 64.2 Å². The number of hydrogen-bond acceptors (Lipinski definition) is 3. The van der Waals surface area contributed by atoms with Crippen molar-refractivity contribution >= 4 is 11.4 Å². The van der Waals surface area contributed by atoms with Crippen LogP contribution < -0.4 is 9.46 Å². The van der Waals surface area contributed by atoms with Gasteiger partial charge in [0.2, 0.25) is 0 Å². The molecule has 2 rings (SSSR count). The predicted octanol–water partition coefficient (Wildman–Crippen LogP) is 3.73. The Balaban J connectivity index is 2.03. The highest BCUT2D eigenvalue weighted by molar-refractivity contribution is 7.90. The third-order valence-electron chi connectivity index (χ3n) is 3.42. The van der Waals surface area contributed by atoms with E-state index in [1.165, 1.54) is 25.0 Å². The number of halogens is 1. The second-order valence-electron chi connectivity index (χ2n) is 6.70. The average Bonchev–Trinajstić information content (AvgIpc) is 3.18. The van der Waals surface area contributed by atoms with Crippen molar-refractivity contribution < 1.29 is 13.7 Å². The molecule has 3 nitrogen and oxygen atoms in total. The number of hydrogen-bond donors (Lipinski definition) is 1. The van der Waals surface area contributed by atoms with Crippen molar-refractivity contribution in [2.75, 3.05) is 6.61 Å². The molecule has 0 amide bonds. The van der Waals surface area contributed by atoms with E-state index in [1.54, 1.807) is 0 Å². The standard InChI is InChI=1S/C16H24FNO2S/c1-11(18-21(19)16(2,3)4)13-7-14(17)9-15(8-13)20-10-12-5-6-12/h7-9,11-12,18H,5-6,10H2,1-4H3/t11-,21?/m0/s1. The molecule has 1 aliphatic carbocycles. The molecule has 5 heteroatoms. The predicted molar refractivity (Wildman–Crippen MR) is 84.1 cm³/mol. The van der Waals surface area contributed by atoms with E-state index >= 15 is 0 Å². The van der Waals surface area contributed by atoms with Gasteiger partial charge in [0.05, 0.1) is 12.6 Å². The van der Waals surface area contributed by atoms with Gasteiger partial charge in [0.1, 0.15) is 16.3 Å². The van der Waals surface area contributed by atoms with Crippen molar-refractivity contribution in [2.45, 2.75) is 51.3 Å². The van der Waals surface area contributed by atoms with Crippen molar-refractivity contribution in [3.8, 4) is 5.75 Å². The second-order valence-corrected chi connectivity index (χ2v) is 8.69. The van der Waals surface area contributed by atoms with Crippen molar-refractivity contribution in [3.05, 3.63) is 29.6 Å². The fourth-order valence-electron chi connectivity index (χ4n) is 1.82. The first-order chi connectivity index (χ1) is 9.75. The summed E-state index contributed by atoms with van der Waals surface area (Å²) in [5.41, 5.74) is 0.749. The van der Waals surface area contributed by atoms with Gasteiger partial charge in [-0.3, -0.25) is 0 Å². The second kappa shape index (κ2) is 6.55. The monoisotopic (exact) mass is 313 g/mol. The zero-order valence-electron chi connectivity index (χ0n) is 13.1. The summed E-state index contributed by atoms with van der Waals surface area (Å²) in [7, 11) is 0. The Hall–Kier alpha value is -0.780. The molecule has 1 aromatic carbocycles. The van der Waals surface area contributed by atoms with Crippen LogP contribution in [0.3, 0.4) is 0 Å². The number of nitrogens with one attached hydrogen (secondary N) is 1. The smallest absolute Gasteiger partial charge is 0.136 e. The molecular weight excluding hydrogens is 289 g/mol. The molecule has 2 atom stereocenters. The number of ether oxygens (including phenoxy) is 1. The first-order valence-corrected chi connectivity index (χ1v) is 8.52. The van der Waals surface area contributed by atoms with Gasteiger partial charge >= 0.3 is 0 Å².